The number of benzene rings is 1. The Morgan fingerprint density at radius 2 is 2.13 bits per heavy atom. The van der Waals surface area contributed by atoms with E-state index < -0.39 is 0 Å². The molecule has 1 aromatic rings. The van der Waals surface area contributed by atoms with Crippen molar-refractivity contribution in [2.75, 3.05) is 26.3 Å². The summed E-state index contributed by atoms with van der Waals surface area (Å²) in [5.41, 5.74) is -0.340. The maximum atomic E-state index is 12.5. The second-order valence-electron chi connectivity index (χ2n) is 6.44. The number of rotatable bonds is 4. The van der Waals surface area contributed by atoms with Gasteiger partial charge in [-0.3, -0.25) is 4.79 Å². The zero-order valence-corrected chi connectivity index (χ0v) is 13.9. The highest BCUT2D eigenvalue weighted by Crippen LogP contribution is 2.35. The summed E-state index contributed by atoms with van der Waals surface area (Å²) in [5.74, 6) is 0.916. The van der Waals surface area contributed by atoms with Crippen LogP contribution in [0, 0.1) is 0 Å². The van der Waals surface area contributed by atoms with Crippen molar-refractivity contribution in [3.05, 3.63) is 30.3 Å². The minimum atomic E-state index is -0.340. The quantitative estimate of drug-likeness (QED) is 0.854. The highest BCUT2D eigenvalue weighted by Gasteiger charge is 2.48. The summed E-state index contributed by atoms with van der Waals surface area (Å²) in [6, 6.07) is 9.58. The van der Waals surface area contributed by atoms with Crippen molar-refractivity contribution in [2.24, 2.45) is 0 Å². The lowest BCUT2D eigenvalue weighted by molar-refractivity contribution is -0.179. The molecule has 0 bridgehead atoms. The Hall–Kier alpha value is -1.59. The minimum Gasteiger partial charge on any atom is -0.493 e. The highest BCUT2D eigenvalue weighted by molar-refractivity contribution is 5.76. The summed E-state index contributed by atoms with van der Waals surface area (Å²) in [6.07, 6.45) is 1.29. The van der Waals surface area contributed by atoms with E-state index in [-0.39, 0.29) is 23.7 Å². The van der Waals surface area contributed by atoms with E-state index in [0.717, 1.165) is 12.2 Å². The van der Waals surface area contributed by atoms with Crippen molar-refractivity contribution >= 4 is 5.91 Å². The van der Waals surface area contributed by atoms with Gasteiger partial charge < -0.3 is 19.1 Å². The molecular formula is C18H25NO4. The number of nitrogens with zero attached hydrogens (tertiary/aromatic N) is 1. The number of hydrogen-bond donors (Lipinski definition) is 0. The lowest BCUT2D eigenvalue weighted by atomic mass is 9.93. The third kappa shape index (κ3) is 3.67. The van der Waals surface area contributed by atoms with E-state index in [1.807, 2.05) is 49.1 Å². The van der Waals surface area contributed by atoms with Crippen LogP contribution in [0.1, 0.15) is 26.7 Å². The molecule has 5 nitrogen and oxygen atoms in total. The van der Waals surface area contributed by atoms with Crippen LogP contribution < -0.4 is 4.74 Å². The van der Waals surface area contributed by atoms with Crippen LogP contribution >= 0.6 is 0 Å². The molecule has 0 aromatic heterocycles. The number of ether oxygens (including phenoxy) is 3. The predicted molar refractivity (Wildman–Crippen MR) is 86.4 cm³/mol. The van der Waals surface area contributed by atoms with E-state index in [9.17, 15) is 4.79 Å². The van der Waals surface area contributed by atoms with Gasteiger partial charge in [0.25, 0.3) is 0 Å². The average Bonchev–Trinajstić information content (AvgIpc) is 2.87. The minimum absolute atomic E-state index is 0.0288. The lowest BCUT2D eigenvalue weighted by Crippen LogP contribution is -2.59. The first-order chi connectivity index (χ1) is 11.1. The van der Waals surface area contributed by atoms with Crippen molar-refractivity contribution in [3.63, 3.8) is 0 Å². The molecule has 2 saturated heterocycles. The van der Waals surface area contributed by atoms with Gasteiger partial charge in [0.05, 0.1) is 31.8 Å². The molecule has 2 aliphatic heterocycles. The maximum absolute atomic E-state index is 12.5. The Bertz CT molecular complexity index is 535. The average molecular weight is 319 g/mol. The van der Waals surface area contributed by atoms with Gasteiger partial charge in [-0.25, -0.2) is 0 Å². The molecule has 0 saturated carbocycles. The molecule has 1 spiro atoms. The Balaban J connectivity index is 1.54. The number of carbonyl (C=O) groups is 1. The van der Waals surface area contributed by atoms with Crippen LogP contribution in [0.2, 0.25) is 0 Å². The molecule has 0 aliphatic carbocycles. The zero-order valence-electron chi connectivity index (χ0n) is 13.9. The number of para-hydroxylation sites is 1. The number of amides is 1. The van der Waals surface area contributed by atoms with Crippen LogP contribution in [0.5, 0.6) is 5.75 Å². The fraction of sp³-hybridized carbons (Fsp3) is 0.611. The van der Waals surface area contributed by atoms with Gasteiger partial charge in [0, 0.05) is 19.6 Å². The summed E-state index contributed by atoms with van der Waals surface area (Å²) < 4.78 is 17.5. The van der Waals surface area contributed by atoms with Crippen molar-refractivity contribution < 1.29 is 19.0 Å². The Morgan fingerprint density at radius 3 is 2.83 bits per heavy atom. The third-order valence-corrected chi connectivity index (χ3v) is 4.69. The summed E-state index contributed by atoms with van der Waals surface area (Å²) >= 11 is 0. The van der Waals surface area contributed by atoms with Gasteiger partial charge in [0.15, 0.2) is 0 Å². The molecule has 2 heterocycles. The smallest absolute Gasteiger partial charge is 0.226 e. The van der Waals surface area contributed by atoms with Crippen LogP contribution in [0.25, 0.3) is 0 Å². The molecule has 1 amide bonds. The highest BCUT2D eigenvalue weighted by atomic mass is 16.6. The van der Waals surface area contributed by atoms with E-state index in [4.69, 9.17) is 14.2 Å². The van der Waals surface area contributed by atoms with Gasteiger partial charge in [0.2, 0.25) is 5.91 Å². The molecule has 0 N–H and O–H groups in total. The van der Waals surface area contributed by atoms with Crippen LogP contribution in [0.15, 0.2) is 30.3 Å². The second kappa shape index (κ2) is 6.89. The molecular weight excluding hydrogens is 294 g/mol. The number of carbonyl (C=O) groups excluding carboxylic acids is 1. The SMILES string of the molecule is C[C@@H]1CN(C(=O)CCOc2ccccc2)C[C@@]2(CCO[C@H]2C)O1. The van der Waals surface area contributed by atoms with E-state index >= 15 is 0 Å². The lowest BCUT2D eigenvalue weighted by Gasteiger charge is -2.45. The molecule has 1 aromatic carbocycles. The van der Waals surface area contributed by atoms with Crippen LogP contribution in [-0.2, 0) is 14.3 Å². The normalized spacial score (nSPS) is 30.6. The molecule has 0 unspecified atom stereocenters. The van der Waals surface area contributed by atoms with Gasteiger partial charge in [-0.15, -0.1) is 0 Å². The van der Waals surface area contributed by atoms with Gasteiger partial charge >= 0.3 is 0 Å². The molecule has 3 atom stereocenters. The van der Waals surface area contributed by atoms with Crippen LogP contribution in [0.3, 0.4) is 0 Å². The largest absolute Gasteiger partial charge is 0.493 e. The first-order valence-corrected chi connectivity index (χ1v) is 8.34. The fourth-order valence-electron chi connectivity index (χ4n) is 3.42. The predicted octanol–water partition coefficient (Wildman–Crippen LogP) is 2.25. The Kier molecular flexibility index (Phi) is 4.87. The van der Waals surface area contributed by atoms with Gasteiger partial charge in [-0.2, -0.15) is 0 Å². The second-order valence-corrected chi connectivity index (χ2v) is 6.44. The van der Waals surface area contributed by atoms with Crippen molar-refractivity contribution in [1.82, 2.24) is 4.90 Å². The first kappa shape index (κ1) is 16.3. The molecule has 0 radical (unpaired) electrons. The van der Waals surface area contributed by atoms with E-state index in [1.54, 1.807) is 0 Å². The van der Waals surface area contributed by atoms with E-state index in [1.165, 1.54) is 0 Å². The summed E-state index contributed by atoms with van der Waals surface area (Å²) in [6.45, 7) is 6.40. The van der Waals surface area contributed by atoms with Crippen molar-refractivity contribution in [3.8, 4) is 5.75 Å². The van der Waals surface area contributed by atoms with E-state index in [2.05, 4.69) is 0 Å². The molecule has 126 valence electrons. The topological polar surface area (TPSA) is 48.0 Å². The van der Waals surface area contributed by atoms with Gasteiger partial charge in [-0.1, -0.05) is 18.2 Å². The Labute approximate surface area is 137 Å². The van der Waals surface area contributed by atoms with Gasteiger partial charge in [0.1, 0.15) is 11.4 Å². The van der Waals surface area contributed by atoms with Crippen molar-refractivity contribution in [1.29, 1.82) is 0 Å². The molecule has 5 heteroatoms. The maximum Gasteiger partial charge on any atom is 0.226 e. The number of morpholine rings is 1. The standard InChI is InChI=1S/C18H25NO4/c1-14-12-19(13-18(23-14)9-11-21-15(18)2)17(20)8-10-22-16-6-4-3-5-7-16/h3-7,14-15H,8-13H2,1-2H3/t14-,15+,18-/m1/s1. The van der Waals surface area contributed by atoms with Crippen molar-refractivity contribution in [2.45, 2.75) is 44.5 Å². The fourth-order valence-corrected chi connectivity index (χ4v) is 3.42. The molecule has 23 heavy (non-hydrogen) atoms. The Morgan fingerprint density at radius 1 is 1.35 bits per heavy atom. The zero-order chi connectivity index (χ0) is 16.3. The first-order valence-electron chi connectivity index (χ1n) is 8.34. The summed E-state index contributed by atoms with van der Waals surface area (Å²) in [7, 11) is 0. The molecule has 3 rings (SSSR count). The van der Waals surface area contributed by atoms with Gasteiger partial charge in [-0.05, 0) is 26.0 Å². The number of hydrogen-bond acceptors (Lipinski definition) is 4. The molecule has 2 aliphatic rings. The summed E-state index contributed by atoms with van der Waals surface area (Å²) in [5, 5.41) is 0. The molecule has 2 fully saturated rings. The monoisotopic (exact) mass is 319 g/mol. The summed E-state index contributed by atoms with van der Waals surface area (Å²) in [4.78, 5) is 14.4. The van der Waals surface area contributed by atoms with Crippen LogP contribution in [-0.4, -0.2) is 54.9 Å². The van der Waals surface area contributed by atoms with Crippen LogP contribution in [0.4, 0.5) is 0 Å². The van der Waals surface area contributed by atoms with E-state index in [0.29, 0.717) is 32.7 Å². The third-order valence-electron chi connectivity index (χ3n) is 4.69.